The van der Waals surface area contributed by atoms with Gasteiger partial charge in [-0.25, -0.2) is 4.98 Å². The van der Waals surface area contributed by atoms with E-state index in [1.165, 1.54) is 0 Å². The van der Waals surface area contributed by atoms with Crippen LogP contribution in [0.3, 0.4) is 0 Å². The maximum Gasteiger partial charge on any atom is 0.235 e. The molecule has 1 aliphatic heterocycles. The van der Waals surface area contributed by atoms with Gasteiger partial charge in [-0.05, 0) is 20.3 Å². The summed E-state index contributed by atoms with van der Waals surface area (Å²) in [6.07, 6.45) is 2.50. The summed E-state index contributed by atoms with van der Waals surface area (Å²) in [6.45, 7) is 4.21. The number of hydrogen-bond donors (Lipinski definition) is 1. The summed E-state index contributed by atoms with van der Waals surface area (Å²) in [5.41, 5.74) is 6.30. The first-order valence-corrected chi connectivity index (χ1v) is 6.25. The number of hydrogen-bond acceptors (Lipinski definition) is 5. The zero-order valence-corrected chi connectivity index (χ0v) is 11.5. The van der Waals surface area contributed by atoms with Crippen molar-refractivity contribution in [2.24, 2.45) is 11.1 Å². The molecule has 0 radical (unpaired) electrons. The minimum Gasteiger partial charge on any atom is -0.480 e. The number of methoxy groups -OCH3 is 1. The van der Waals surface area contributed by atoms with Gasteiger partial charge in [0, 0.05) is 19.2 Å². The maximum atomic E-state index is 11.6. The number of nitrogens with two attached hydrogens (primary N) is 1. The molecule has 2 heterocycles. The summed E-state index contributed by atoms with van der Waals surface area (Å²) in [4.78, 5) is 20.2. The molecular weight excluding hydrogens is 246 g/mol. The average Bonchev–Trinajstić information content (AvgIpc) is 2.74. The molecule has 6 nitrogen and oxygen atoms in total. The van der Waals surface area contributed by atoms with Crippen LogP contribution in [0.1, 0.15) is 24.7 Å². The summed E-state index contributed by atoms with van der Waals surface area (Å²) < 4.78 is 10.9. The Kier molecular flexibility index (Phi) is 3.71. The molecule has 2 atom stereocenters. The lowest BCUT2D eigenvalue weighted by atomic mass is 9.80. The Morgan fingerprint density at radius 2 is 2.42 bits per heavy atom. The third-order valence-electron chi connectivity index (χ3n) is 3.72. The number of aromatic nitrogens is 2. The molecule has 104 valence electrons. The topological polar surface area (TPSA) is 87.3 Å². The van der Waals surface area contributed by atoms with E-state index in [0.717, 1.165) is 5.69 Å². The number of carbonyl (C=O) groups excluding carboxylic acids is 1. The largest absolute Gasteiger partial charge is 0.480 e. The van der Waals surface area contributed by atoms with Gasteiger partial charge >= 0.3 is 0 Å². The molecular formula is C13H19N3O3. The van der Waals surface area contributed by atoms with Gasteiger partial charge in [-0.2, -0.15) is 0 Å². The molecule has 0 bridgehead atoms. The first-order chi connectivity index (χ1) is 8.97. The van der Waals surface area contributed by atoms with Crippen LogP contribution < -0.4 is 10.5 Å². The van der Waals surface area contributed by atoms with E-state index >= 15 is 0 Å². The van der Waals surface area contributed by atoms with Crippen LogP contribution in [0.15, 0.2) is 6.20 Å². The van der Waals surface area contributed by atoms with Crippen LogP contribution >= 0.6 is 0 Å². The highest BCUT2D eigenvalue weighted by molar-refractivity contribution is 5.81. The summed E-state index contributed by atoms with van der Waals surface area (Å²) >= 11 is 0. The lowest BCUT2D eigenvalue weighted by Gasteiger charge is -2.26. The van der Waals surface area contributed by atoms with Crippen molar-refractivity contribution in [3.05, 3.63) is 17.6 Å². The fourth-order valence-electron chi connectivity index (χ4n) is 2.28. The molecule has 2 N–H and O–H groups in total. The predicted molar refractivity (Wildman–Crippen MR) is 68.7 cm³/mol. The minimum atomic E-state index is -0.655. The van der Waals surface area contributed by atoms with Crippen molar-refractivity contribution in [3.63, 3.8) is 0 Å². The average molecular weight is 265 g/mol. The van der Waals surface area contributed by atoms with Gasteiger partial charge < -0.3 is 15.2 Å². The smallest absolute Gasteiger partial charge is 0.235 e. The van der Waals surface area contributed by atoms with E-state index in [-0.39, 0.29) is 12.0 Å². The van der Waals surface area contributed by atoms with Crippen LogP contribution in [0.2, 0.25) is 0 Å². The third-order valence-corrected chi connectivity index (χ3v) is 3.72. The number of ether oxygens (including phenoxy) is 2. The molecule has 0 spiro atoms. The fraction of sp³-hybridized carbons (Fsp3) is 0.615. The first kappa shape index (κ1) is 13.7. The van der Waals surface area contributed by atoms with E-state index in [9.17, 15) is 4.79 Å². The monoisotopic (exact) mass is 265 g/mol. The lowest BCUT2D eigenvalue weighted by Crippen LogP contribution is -2.42. The van der Waals surface area contributed by atoms with E-state index in [1.807, 2.05) is 13.8 Å². The fourth-order valence-corrected chi connectivity index (χ4v) is 2.28. The van der Waals surface area contributed by atoms with Gasteiger partial charge in [0.15, 0.2) is 0 Å². The Labute approximate surface area is 112 Å². The van der Waals surface area contributed by atoms with Crippen molar-refractivity contribution < 1.29 is 14.3 Å². The van der Waals surface area contributed by atoms with Gasteiger partial charge in [0.1, 0.15) is 5.69 Å². The molecule has 1 fully saturated rings. The molecule has 1 aliphatic rings. The van der Waals surface area contributed by atoms with E-state index in [2.05, 4.69) is 9.97 Å². The summed E-state index contributed by atoms with van der Waals surface area (Å²) in [5.74, 6) is 0.136. The Bertz CT molecular complexity index is 492. The molecule has 6 heteroatoms. The normalized spacial score (nSPS) is 26.4. The molecule has 0 aliphatic carbocycles. The predicted octanol–water partition coefficient (Wildman–Crippen LogP) is 0.617. The van der Waals surface area contributed by atoms with Crippen LogP contribution in [0.25, 0.3) is 0 Å². The first-order valence-electron chi connectivity index (χ1n) is 6.25. The summed E-state index contributed by atoms with van der Waals surface area (Å²) in [7, 11) is 1.55. The van der Waals surface area contributed by atoms with Gasteiger partial charge in [0.2, 0.25) is 11.8 Å². The van der Waals surface area contributed by atoms with Crippen molar-refractivity contribution >= 4 is 5.91 Å². The number of carbonyl (C=O) groups is 1. The number of nitrogens with zero attached hydrogens (tertiary/aromatic N) is 2. The molecule has 2 unspecified atom stereocenters. The van der Waals surface area contributed by atoms with E-state index in [4.69, 9.17) is 15.2 Å². The van der Waals surface area contributed by atoms with Gasteiger partial charge in [-0.3, -0.25) is 9.78 Å². The SMILES string of the molecule is COc1nc(C)cnc1CC1OCCC1(C)C(N)=O. The quantitative estimate of drug-likeness (QED) is 0.862. The van der Waals surface area contributed by atoms with Crippen molar-refractivity contribution in [3.8, 4) is 5.88 Å². The highest BCUT2D eigenvalue weighted by Gasteiger charge is 2.45. The lowest BCUT2D eigenvalue weighted by molar-refractivity contribution is -0.129. The van der Waals surface area contributed by atoms with E-state index in [0.29, 0.717) is 31.0 Å². The molecule has 1 amide bonds. The summed E-state index contributed by atoms with van der Waals surface area (Å²) in [5, 5.41) is 0. The number of rotatable bonds is 4. The van der Waals surface area contributed by atoms with Crippen molar-refractivity contribution in [2.45, 2.75) is 32.8 Å². The minimum absolute atomic E-state index is 0.282. The number of primary amides is 1. The molecule has 1 saturated heterocycles. The molecule has 1 aromatic rings. The van der Waals surface area contributed by atoms with E-state index < -0.39 is 5.41 Å². The van der Waals surface area contributed by atoms with Crippen LogP contribution in [-0.2, 0) is 16.0 Å². The van der Waals surface area contributed by atoms with Crippen LogP contribution in [0.4, 0.5) is 0 Å². The standard InChI is InChI=1S/C13H19N3O3/c1-8-7-15-9(11(16-8)18-3)6-10-13(2,12(14)17)4-5-19-10/h7,10H,4-6H2,1-3H3,(H2,14,17). The Hall–Kier alpha value is -1.69. The van der Waals surface area contributed by atoms with Gasteiger partial charge in [-0.15, -0.1) is 0 Å². The molecule has 0 saturated carbocycles. The molecule has 2 rings (SSSR count). The molecule has 19 heavy (non-hydrogen) atoms. The van der Waals surface area contributed by atoms with Crippen molar-refractivity contribution in [2.75, 3.05) is 13.7 Å². The Morgan fingerprint density at radius 3 is 3.05 bits per heavy atom. The van der Waals surface area contributed by atoms with Crippen molar-refractivity contribution in [1.29, 1.82) is 0 Å². The van der Waals surface area contributed by atoms with Gasteiger partial charge in [0.25, 0.3) is 0 Å². The Morgan fingerprint density at radius 1 is 1.68 bits per heavy atom. The summed E-state index contributed by atoms with van der Waals surface area (Å²) in [6, 6.07) is 0. The third kappa shape index (κ3) is 2.53. The highest BCUT2D eigenvalue weighted by atomic mass is 16.5. The Balaban J connectivity index is 2.24. The second-order valence-corrected chi connectivity index (χ2v) is 5.06. The van der Waals surface area contributed by atoms with E-state index in [1.54, 1.807) is 13.3 Å². The van der Waals surface area contributed by atoms with Gasteiger partial charge in [0.05, 0.1) is 24.3 Å². The number of amides is 1. The molecule has 1 aromatic heterocycles. The number of aryl methyl sites for hydroxylation is 1. The second kappa shape index (κ2) is 5.13. The van der Waals surface area contributed by atoms with Crippen molar-refractivity contribution in [1.82, 2.24) is 9.97 Å². The van der Waals surface area contributed by atoms with Gasteiger partial charge in [-0.1, -0.05) is 0 Å². The molecule has 0 aromatic carbocycles. The van der Waals surface area contributed by atoms with Crippen LogP contribution in [-0.4, -0.2) is 35.7 Å². The van der Waals surface area contributed by atoms with Crippen LogP contribution in [0.5, 0.6) is 5.88 Å². The zero-order chi connectivity index (χ0) is 14.0. The second-order valence-electron chi connectivity index (χ2n) is 5.06. The van der Waals surface area contributed by atoms with Crippen LogP contribution in [0, 0.1) is 12.3 Å². The zero-order valence-electron chi connectivity index (χ0n) is 11.5. The highest BCUT2D eigenvalue weighted by Crippen LogP contribution is 2.36. The maximum absolute atomic E-state index is 11.6.